The highest BCUT2D eigenvalue weighted by atomic mass is 14.8. The van der Waals surface area contributed by atoms with Crippen LogP contribution in [0, 0.1) is 6.92 Å². The third-order valence-corrected chi connectivity index (χ3v) is 3.01. The summed E-state index contributed by atoms with van der Waals surface area (Å²) in [6, 6.07) is 2.19. The molecule has 15 heavy (non-hydrogen) atoms. The Hall–Kier alpha value is -1.05. The lowest BCUT2D eigenvalue weighted by atomic mass is 9.92. The molecule has 0 aliphatic heterocycles. The molecule has 2 N–H and O–H groups in total. The van der Waals surface area contributed by atoms with Crippen LogP contribution in [-0.2, 0) is 0 Å². The van der Waals surface area contributed by atoms with Gasteiger partial charge in [0.05, 0.1) is 0 Å². The van der Waals surface area contributed by atoms with Gasteiger partial charge in [0.15, 0.2) is 0 Å². The lowest BCUT2D eigenvalue weighted by molar-refractivity contribution is 0.568. The van der Waals surface area contributed by atoms with Crippen LogP contribution in [0.3, 0.4) is 0 Å². The van der Waals surface area contributed by atoms with Crippen molar-refractivity contribution in [3.8, 4) is 0 Å². The monoisotopic (exact) mass is 206 g/mol. The van der Waals surface area contributed by atoms with E-state index in [9.17, 15) is 0 Å². The lowest BCUT2D eigenvalue weighted by Crippen LogP contribution is -2.01. The second kappa shape index (κ2) is 5.74. The molecule has 0 bridgehead atoms. The van der Waals surface area contributed by atoms with E-state index in [0.29, 0.717) is 11.7 Å². The molecular weight excluding hydrogens is 184 g/mol. The smallest absolute Gasteiger partial charge is 0.126 e. The first-order valence-electron chi connectivity index (χ1n) is 5.91. The minimum absolute atomic E-state index is 0.650. The van der Waals surface area contributed by atoms with Crippen LogP contribution in [0.1, 0.15) is 56.6 Å². The van der Waals surface area contributed by atoms with Crippen LogP contribution in [0.4, 0.5) is 5.82 Å². The molecule has 0 amide bonds. The number of rotatable bonds is 5. The highest BCUT2D eigenvalue weighted by Crippen LogP contribution is 2.26. The number of aromatic nitrogens is 1. The summed E-state index contributed by atoms with van der Waals surface area (Å²) in [5.41, 5.74) is 8.16. The third kappa shape index (κ3) is 3.22. The molecule has 1 rings (SSSR count). The van der Waals surface area contributed by atoms with E-state index in [4.69, 9.17) is 5.73 Å². The van der Waals surface area contributed by atoms with Gasteiger partial charge in [-0.1, -0.05) is 32.8 Å². The molecule has 0 aliphatic carbocycles. The summed E-state index contributed by atoms with van der Waals surface area (Å²) in [5, 5.41) is 0. The zero-order valence-electron chi connectivity index (χ0n) is 10.1. The van der Waals surface area contributed by atoms with Crippen LogP contribution >= 0.6 is 0 Å². The molecule has 2 heteroatoms. The molecule has 1 heterocycles. The Kier molecular flexibility index (Phi) is 4.60. The maximum Gasteiger partial charge on any atom is 0.126 e. The molecule has 0 saturated heterocycles. The van der Waals surface area contributed by atoms with Gasteiger partial charge in [0.1, 0.15) is 5.82 Å². The van der Waals surface area contributed by atoms with Crippen molar-refractivity contribution in [1.82, 2.24) is 4.98 Å². The fourth-order valence-electron chi connectivity index (χ4n) is 1.89. The molecule has 2 nitrogen and oxygen atoms in total. The van der Waals surface area contributed by atoms with Crippen LogP contribution in [0.5, 0.6) is 0 Å². The summed E-state index contributed by atoms with van der Waals surface area (Å²) in [5.74, 6) is 1.31. The van der Waals surface area contributed by atoms with Crippen LogP contribution in [-0.4, -0.2) is 4.98 Å². The Morgan fingerprint density at radius 1 is 1.40 bits per heavy atom. The Labute approximate surface area is 92.9 Å². The number of hydrogen-bond acceptors (Lipinski definition) is 2. The Morgan fingerprint density at radius 2 is 2.13 bits per heavy atom. The highest BCUT2D eigenvalue weighted by molar-refractivity contribution is 5.40. The van der Waals surface area contributed by atoms with E-state index < -0.39 is 0 Å². The van der Waals surface area contributed by atoms with Gasteiger partial charge in [-0.3, -0.25) is 0 Å². The van der Waals surface area contributed by atoms with Gasteiger partial charge in [-0.15, -0.1) is 0 Å². The first-order valence-corrected chi connectivity index (χ1v) is 5.91. The van der Waals surface area contributed by atoms with Crippen molar-refractivity contribution >= 4 is 5.82 Å². The summed E-state index contributed by atoms with van der Waals surface area (Å²) in [6.07, 6.45) is 6.94. The molecule has 0 aliphatic rings. The SMILES string of the molecule is CCCCC(CC)c1cnc(N)c(C)c1. The number of nitrogens with zero attached hydrogens (tertiary/aromatic N) is 1. The highest BCUT2D eigenvalue weighted by Gasteiger charge is 2.10. The fraction of sp³-hybridized carbons (Fsp3) is 0.615. The molecule has 84 valence electrons. The number of pyridine rings is 1. The van der Waals surface area contributed by atoms with E-state index in [-0.39, 0.29) is 0 Å². The molecule has 1 unspecified atom stereocenters. The summed E-state index contributed by atoms with van der Waals surface area (Å²) < 4.78 is 0. The van der Waals surface area contributed by atoms with Gasteiger partial charge in [-0.05, 0) is 36.8 Å². The number of anilines is 1. The number of nitrogen functional groups attached to an aromatic ring is 1. The van der Waals surface area contributed by atoms with Crippen molar-refractivity contribution < 1.29 is 0 Å². The summed E-state index contributed by atoms with van der Waals surface area (Å²) >= 11 is 0. The zero-order chi connectivity index (χ0) is 11.3. The number of hydrogen-bond donors (Lipinski definition) is 1. The average molecular weight is 206 g/mol. The van der Waals surface area contributed by atoms with Gasteiger partial charge in [-0.25, -0.2) is 4.98 Å². The average Bonchev–Trinajstić information content (AvgIpc) is 2.24. The summed E-state index contributed by atoms with van der Waals surface area (Å²) in [7, 11) is 0. The Bertz CT molecular complexity index is 307. The van der Waals surface area contributed by atoms with Gasteiger partial charge in [-0.2, -0.15) is 0 Å². The van der Waals surface area contributed by atoms with Crippen molar-refractivity contribution in [2.24, 2.45) is 0 Å². The van der Waals surface area contributed by atoms with E-state index in [1.165, 1.54) is 31.2 Å². The summed E-state index contributed by atoms with van der Waals surface area (Å²) in [6.45, 7) is 6.50. The summed E-state index contributed by atoms with van der Waals surface area (Å²) in [4.78, 5) is 4.23. The second-order valence-electron chi connectivity index (χ2n) is 4.22. The van der Waals surface area contributed by atoms with Crippen molar-refractivity contribution in [1.29, 1.82) is 0 Å². The molecule has 1 aromatic heterocycles. The van der Waals surface area contributed by atoms with Crippen molar-refractivity contribution in [2.75, 3.05) is 5.73 Å². The maximum absolute atomic E-state index is 5.72. The van der Waals surface area contributed by atoms with E-state index in [1.54, 1.807) is 0 Å². The third-order valence-electron chi connectivity index (χ3n) is 3.01. The Balaban J connectivity index is 2.78. The Morgan fingerprint density at radius 3 is 2.67 bits per heavy atom. The zero-order valence-corrected chi connectivity index (χ0v) is 10.1. The van der Waals surface area contributed by atoms with Gasteiger partial charge >= 0.3 is 0 Å². The second-order valence-corrected chi connectivity index (χ2v) is 4.22. The molecule has 1 atom stereocenters. The molecular formula is C13H22N2. The van der Waals surface area contributed by atoms with Crippen LogP contribution < -0.4 is 5.73 Å². The molecule has 0 radical (unpaired) electrons. The molecule has 0 aromatic carbocycles. The van der Waals surface area contributed by atoms with E-state index in [1.807, 2.05) is 13.1 Å². The first kappa shape index (κ1) is 12.0. The number of nitrogens with two attached hydrogens (primary N) is 1. The van der Waals surface area contributed by atoms with E-state index >= 15 is 0 Å². The van der Waals surface area contributed by atoms with Crippen molar-refractivity contribution in [3.05, 3.63) is 23.4 Å². The van der Waals surface area contributed by atoms with Crippen molar-refractivity contribution in [2.45, 2.75) is 52.4 Å². The number of unbranched alkanes of at least 4 members (excludes halogenated alkanes) is 1. The minimum atomic E-state index is 0.650. The normalized spacial score (nSPS) is 12.7. The fourth-order valence-corrected chi connectivity index (χ4v) is 1.89. The van der Waals surface area contributed by atoms with Crippen LogP contribution in [0.2, 0.25) is 0 Å². The molecule has 0 fully saturated rings. The quantitative estimate of drug-likeness (QED) is 0.798. The van der Waals surface area contributed by atoms with Crippen LogP contribution in [0.25, 0.3) is 0 Å². The predicted molar refractivity (Wildman–Crippen MR) is 65.9 cm³/mol. The van der Waals surface area contributed by atoms with Gasteiger partial charge in [0.25, 0.3) is 0 Å². The maximum atomic E-state index is 5.72. The van der Waals surface area contributed by atoms with E-state index in [2.05, 4.69) is 24.9 Å². The largest absolute Gasteiger partial charge is 0.383 e. The predicted octanol–water partition coefficient (Wildman–Crippen LogP) is 3.66. The van der Waals surface area contributed by atoms with Gasteiger partial charge < -0.3 is 5.73 Å². The van der Waals surface area contributed by atoms with Gasteiger partial charge in [0.2, 0.25) is 0 Å². The number of aryl methyl sites for hydroxylation is 1. The van der Waals surface area contributed by atoms with Crippen molar-refractivity contribution in [3.63, 3.8) is 0 Å². The topological polar surface area (TPSA) is 38.9 Å². The van der Waals surface area contributed by atoms with Crippen LogP contribution in [0.15, 0.2) is 12.3 Å². The standard InChI is InChI=1S/C13H22N2/c1-4-6-7-11(5-2)12-8-10(3)13(14)15-9-12/h8-9,11H,4-7H2,1-3H3,(H2,14,15). The first-order chi connectivity index (χ1) is 7.19. The lowest BCUT2D eigenvalue weighted by Gasteiger charge is -2.15. The molecule has 1 aromatic rings. The minimum Gasteiger partial charge on any atom is -0.383 e. The molecule has 0 spiro atoms. The van der Waals surface area contributed by atoms with E-state index in [0.717, 1.165) is 5.56 Å². The van der Waals surface area contributed by atoms with Gasteiger partial charge in [0, 0.05) is 6.20 Å². The molecule has 0 saturated carbocycles.